The van der Waals surface area contributed by atoms with Gasteiger partial charge in [0.1, 0.15) is 29.1 Å². The second-order valence-corrected chi connectivity index (χ2v) is 19.9. The fourth-order valence-corrected chi connectivity index (χ4v) is 10.9. The normalized spacial score (nSPS) is 17.7. The summed E-state index contributed by atoms with van der Waals surface area (Å²) in [4.78, 5) is 52.9. The summed E-state index contributed by atoms with van der Waals surface area (Å²) >= 11 is 0. The molecule has 0 saturated carbocycles. The number of piperidine rings is 1. The number of ether oxygens (including phenoxy) is 2. The molecule has 2 atom stereocenters. The summed E-state index contributed by atoms with van der Waals surface area (Å²) in [5.74, 6) is -0.709. The van der Waals surface area contributed by atoms with Gasteiger partial charge in [0.05, 0.1) is 30.4 Å². The van der Waals surface area contributed by atoms with Crippen molar-refractivity contribution in [1.29, 1.82) is 5.26 Å². The number of nitrogens with zero attached hydrogens (tertiary/aromatic N) is 7. The van der Waals surface area contributed by atoms with Crippen molar-refractivity contribution >= 4 is 29.1 Å². The van der Waals surface area contributed by atoms with Crippen LogP contribution in [0.15, 0.2) is 91.0 Å². The molecule has 4 aromatic carbocycles. The number of hydrogen-bond donors (Lipinski definition) is 1. The molecule has 4 aliphatic heterocycles. The minimum absolute atomic E-state index is 0.0508. The summed E-state index contributed by atoms with van der Waals surface area (Å²) in [6.07, 6.45) is 6.52. The quantitative estimate of drug-likeness (QED) is 0.121. The van der Waals surface area contributed by atoms with E-state index in [9.17, 15) is 15.2 Å². The number of nitriles is 1. The number of hydrogen-bond acceptors (Lipinski definition) is 8. The van der Waals surface area contributed by atoms with Gasteiger partial charge in [0.2, 0.25) is 5.91 Å². The summed E-state index contributed by atoms with van der Waals surface area (Å²) < 4.78 is 30.5. The molecule has 2 fully saturated rings. The van der Waals surface area contributed by atoms with Crippen LogP contribution in [0.2, 0.25) is 0 Å². The predicted octanol–water partition coefficient (Wildman–Crippen LogP) is 9.08. The molecule has 14 heteroatoms. The molecule has 6 aromatic rings. The monoisotopic (exact) mass is 971 g/mol. The molecule has 3 amide bonds. The topological polar surface area (TPSA) is 137 Å². The van der Waals surface area contributed by atoms with Crippen LogP contribution in [0.3, 0.4) is 0 Å². The van der Waals surface area contributed by atoms with Crippen LogP contribution in [0.25, 0.3) is 11.3 Å². The Labute approximate surface area is 420 Å². The fraction of sp³-hybridized carbons (Fsp3) is 0.379. The average molecular weight is 972 g/mol. The smallest absolute Gasteiger partial charge is 0.264 e. The lowest BCUT2D eigenvalue weighted by Crippen LogP contribution is -2.51. The molecular formula is C58H62FN7O6. The van der Waals surface area contributed by atoms with Crippen LogP contribution in [0.5, 0.6) is 11.5 Å². The van der Waals surface area contributed by atoms with Crippen molar-refractivity contribution in [1.82, 2.24) is 23.8 Å². The largest absolute Gasteiger partial charge is 0.508 e. The molecule has 0 radical (unpaired) electrons. The third kappa shape index (κ3) is 9.63. The number of aromatic hydroxyl groups is 1. The Morgan fingerprint density at radius 2 is 1.61 bits per heavy atom. The van der Waals surface area contributed by atoms with Crippen molar-refractivity contribution < 1.29 is 33.4 Å². The molecule has 1 N–H and O–H groups in total. The van der Waals surface area contributed by atoms with Crippen molar-refractivity contribution in [3.63, 3.8) is 0 Å². The maximum atomic E-state index is 15.8. The maximum absolute atomic E-state index is 15.8. The van der Waals surface area contributed by atoms with Gasteiger partial charge in [-0.3, -0.25) is 19.3 Å². The van der Waals surface area contributed by atoms with Gasteiger partial charge in [-0.25, -0.2) is 4.39 Å². The molecule has 372 valence electrons. The first kappa shape index (κ1) is 48.4. The zero-order valence-corrected chi connectivity index (χ0v) is 41.6. The van der Waals surface area contributed by atoms with Crippen LogP contribution in [-0.4, -0.2) is 98.2 Å². The number of phenolic OH excluding ortho intramolecular Hbond substituents is 1. The number of anilines is 2. The van der Waals surface area contributed by atoms with Crippen LogP contribution in [0.1, 0.15) is 97.7 Å². The third-order valence-electron chi connectivity index (χ3n) is 15.6. The van der Waals surface area contributed by atoms with Crippen LogP contribution >= 0.6 is 0 Å². The molecular weight excluding hydrogens is 910 g/mol. The van der Waals surface area contributed by atoms with E-state index in [-0.39, 0.29) is 54.1 Å². The number of carbonyl (C=O) groups excluding carboxylic acids is 3. The Bertz CT molecular complexity index is 3090. The van der Waals surface area contributed by atoms with Gasteiger partial charge in [-0.05, 0) is 141 Å². The van der Waals surface area contributed by atoms with Crippen molar-refractivity contribution in [3.8, 4) is 28.8 Å². The fourth-order valence-electron chi connectivity index (χ4n) is 10.9. The van der Waals surface area contributed by atoms with Crippen molar-refractivity contribution in [3.05, 3.63) is 153 Å². The Hall–Kier alpha value is -7.21. The van der Waals surface area contributed by atoms with E-state index < -0.39 is 5.82 Å². The van der Waals surface area contributed by atoms with Gasteiger partial charge in [-0.2, -0.15) is 5.26 Å². The Morgan fingerprint density at radius 3 is 2.32 bits per heavy atom. The summed E-state index contributed by atoms with van der Waals surface area (Å²) in [6, 6.07) is 29.1. The molecule has 4 aliphatic rings. The second kappa shape index (κ2) is 20.5. The highest BCUT2D eigenvalue weighted by molar-refractivity contribution is 6.13. The first-order chi connectivity index (χ1) is 34.8. The number of likely N-dealkylation sites (tertiary alicyclic amines) is 1. The van der Waals surface area contributed by atoms with Gasteiger partial charge in [-0.1, -0.05) is 36.8 Å². The van der Waals surface area contributed by atoms with Crippen molar-refractivity contribution in [2.75, 3.05) is 44.3 Å². The lowest BCUT2D eigenvalue weighted by atomic mass is 9.89. The Morgan fingerprint density at radius 1 is 0.847 bits per heavy atom. The molecule has 2 saturated heterocycles. The lowest BCUT2D eigenvalue weighted by Gasteiger charge is -2.41. The summed E-state index contributed by atoms with van der Waals surface area (Å²) in [5, 5.41) is 20.2. The highest BCUT2D eigenvalue weighted by atomic mass is 19.1. The maximum Gasteiger partial charge on any atom is 0.264 e. The van der Waals surface area contributed by atoms with E-state index in [4.69, 9.17) is 9.47 Å². The number of phenols is 1. The molecule has 0 spiro atoms. The SMILES string of the molecule is Cc1c(N(C(=O)c2cc(-c3cc4c(cc3C(=O)N3Cc5ccccc5C[C@H]3CN3CCCCC3)CN(C(=O)Cc3ccc(OCCC5CCO5)cc3F)CC4)n(C)c2C)c2ccc(O)cc2)cc(C#N)n1C. The Kier molecular flexibility index (Phi) is 13.8. The molecule has 1 unspecified atom stereocenters. The zero-order chi connectivity index (χ0) is 50.2. The average Bonchev–Trinajstić information content (AvgIpc) is 3.83. The van der Waals surface area contributed by atoms with Gasteiger partial charge < -0.3 is 38.4 Å². The van der Waals surface area contributed by atoms with E-state index in [1.807, 2.05) is 48.6 Å². The summed E-state index contributed by atoms with van der Waals surface area (Å²) in [7, 11) is 3.69. The molecule has 0 bridgehead atoms. The van der Waals surface area contributed by atoms with E-state index in [0.29, 0.717) is 82.7 Å². The van der Waals surface area contributed by atoms with Gasteiger partial charge >= 0.3 is 0 Å². The second-order valence-electron chi connectivity index (χ2n) is 19.9. The van der Waals surface area contributed by atoms with Gasteiger partial charge in [0, 0.05) is 99.3 Å². The number of carbonyl (C=O) groups is 3. The van der Waals surface area contributed by atoms with E-state index in [1.54, 1.807) is 51.7 Å². The van der Waals surface area contributed by atoms with Crippen LogP contribution < -0.4 is 9.64 Å². The molecule has 72 heavy (non-hydrogen) atoms. The molecule has 6 heterocycles. The third-order valence-corrected chi connectivity index (χ3v) is 15.6. The first-order valence-electron chi connectivity index (χ1n) is 25.3. The minimum Gasteiger partial charge on any atom is -0.508 e. The number of amides is 3. The van der Waals surface area contributed by atoms with E-state index >= 15 is 14.0 Å². The summed E-state index contributed by atoms with van der Waals surface area (Å²) in [6.45, 7) is 8.77. The highest BCUT2D eigenvalue weighted by Gasteiger charge is 2.36. The number of benzene rings is 4. The van der Waals surface area contributed by atoms with Gasteiger partial charge in [0.25, 0.3) is 11.8 Å². The molecule has 0 aliphatic carbocycles. The van der Waals surface area contributed by atoms with Crippen LogP contribution in [0.4, 0.5) is 15.8 Å². The summed E-state index contributed by atoms with van der Waals surface area (Å²) in [5.41, 5.74) is 9.53. The highest BCUT2D eigenvalue weighted by Crippen LogP contribution is 2.39. The predicted molar refractivity (Wildman–Crippen MR) is 273 cm³/mol. The van der Waals surface area contributed by atoms with E-state index in [2.05, 4.69) is 35.2 Å². The number of rotatable bonds is 13. The number of fused-ring (bicyclic) bond motifs is 2. The van der Waals surface area contributed by atoms with Crippen LogP contribution in [0, 0.1) is 31.0 Å². The number of halogens is 1. The Balaban J connectivity index is 1.01. The zero-order valence-electron chi connectivity index (χ0n) is 41.6. The molecule has 2 aromatic heterocycles. The van der Waals surface area contributed by atoms with Gasteiger partial charge in [0.15, 0.2) is 0 Å². The first-order valence-corrected chi connectivity index (χ1v) is 25.3. The van der Waals surface area contributed by atoms with Crippen molar-refractivity contribution in [2.45, 2.75) is 90.4 Å². The van der Waals surface area contributed by atoms with Crippen LogP contribution in [-0.2, 0) is 56.0 Å². The van der Waals surface area contributed by atoms with E-state index in [0.717, 1.165) is 75.0 Å². The standard InChI is InChI=1S/C58H62FN7O6/c1-37-50(58(70)66(44-13-15-47(67)16-14-44)54-30-45(33-60)61(3)38(54)2)32-55(62(37)4)51-27-40-18-23-64(56(68)29-41-12-17-49(31-53(41)59)72-25-20-48-19-24-71-48)34-43(40)28-52(51)57(69)65-35-42-11-7-6-10-39(42)26-46(65)36-63-21-8-5-9-22-63/h6-7,10-17,27-28,30-32,46,48,67H,5,8-9,18-26,29,34-36H2,1-4H3/t46-,48?/m0/s1. The van der Waals surface area contributed by atoms with Crippen molar-refractivity contribution in [2.24, 2.45) is 14.1 Å². The number of aromatic nitrogens is 2. The minimum atomic E-state index is -0.495. The molecule has 10 rings (SSSR count). The molecule has 13 nitrogen and oxygen atoms in total. The van der Waals surface area contributed by atoms with Gasteiger partial charge in [-0.15, -0.1) is 0 Å². The lowest BCUT2D eigenvalue weighted by molar-refractivity contribution is -0.131. The van der Waals surface area contributed by atoms with E-state index in [1.165, 1.54) is 30.2 Å².